The van der Waals surface area contributed by atoms with Gasteiger partial charge in [0.05, 0.1) is 23.8 Å². The predicted molar refractivity (Wildman–Crippen MR) is 133 cm³/mol. The summed E-state index contributed by atoms with van der Waals surface area (Å²) in [5, 5.41) is 13.1. The first-order valence-corrected chi connectivity index (χ1v) is 12.5. The summed E-state index contributed by atoms with van der Waals surface area (Å²) in [5.41, 5.74) is 2.25. The van der Waals surface area contributed by atoms with Crippen LogP contribution in [-0.2, 0) is 16.0 Å². The van der Waals surface area contributed by atoms with Crippen LogP contribution in [0.1, 0.15) is 17.5 Å². The number of likely N-dealkylation sites (N-methyl/N-ethyl adjacent to an activating group) is 1. The molecule has 2 fully saturated rings. The number of halogens is 3. The van der Waals surface area contributed by atoms with Gasteiger partial charge in [-0.25, -0.2) is 13.8 Å². The second kappa shape index (κ2) is 9.80. The standard InChI is InChI=1S/C25H26ClF2N5O4/c1-33-4-2-12(3-5-33)13-6-16(27)14(17(28)7-13)9-29-23-15(26)8-18-24(31-23)32-25(30-18)37-20-11-36-21-19(34)10-35-22(20)21/h2,6-8,19-22,34H,3-5,9-11H2,1H3,(H2,29,30,31,32)/t19-,20-,21-,22-/m1/s1. The van der Waals surface area contributed by atoms with Crippen LogP contribution in [0.4, 0.5) is 14.6 Å². The Morgan fingerprint density at radius 3 is 2.73 bits per heavy atom. The fourth-order valence-corrected chi connectivity index (χ4v) is 5.14. The van der Waals surface area contributed by atoms with Gasteiger partial charge in [-0.05, 0) is 42.8 Å². The number of fused-ring (bicyclic) bond motifs is 2. The Bertz CT molecular complexity index is 1350. The number of ether oxygens (including phenoxy) is 3. The van der Waals surface area contributed by atoms with Crippen molar-refractivity contribution in [3.8, 4) is 6.01 Å². The van der Waals surface area contributed by atoms with Gasteiger partial charge < -0.3 is 34.5 Å². The van der Waals surface area contributed by atoms with Gasteiger partial charge in [0.25, 0.3) is 6.01 Å². The first-order chi connectivity index (χ1) is 17.9. The first-order valence-electron chi connectivity index (χ1n) is 12.1. The summed E-state index contributed by atoms with van der Waals surface area (Å²) in [4.78, 5) is 13.9. The van der Waals surface area contributed by atoms with Gasteiger partial charge in [0, 0.05) is 25.2 Å². The topological polar surface area (TPSA) is 105 Å². The smallest absolute Gasteiger partial charge is 0.296 e. The third-order valence-electron chi connectivity index (χ3n) is 7.01. The van der Waals surface area contributed by atoms with E-state index in [0.717, 1.165) is 25.1 Å². The number of nitrogens with one attached hydrogen (secondary N) is 2. The average Bonchev–Trinajstić information content (AvgIpc) is 3.55. The maximum Gasteiger partial charge on any atom is 0.296 e. The van der Waals surface area contributed by atoms with Crippen LogP contribution < -0.4 is 10.1 Å². The van der Waals surface area contributed by atoms with E-state index >= 15 is 0 Å². The van der Waals surface area contributed by atoms with Gasteiger partial charge in [-0.2, -0.15) is 4.98 Å². The van der Waals surface area contributed by atoms with Gasteiger partial charge in [0.1, 0.15) is 35.8 Å². The molecule has 5 heterocycles. The SMILES string of the molecule is CN1CC=C(c2cc(F)c(CNc3nc4nc(O[C@@H]5CO[C@H]6[C@@H]5OC[C@H]6O)[nH]c4cc3Cl)c(F)c2)CC1. The number of hydrogen-bond acceptors (Lipinski definition) is 8. The Balaban J connectivity index is 1.16. The van der Waals surface area contributed by atoms with Crippen LogP contribution in [0, 0.1) is 11.6 Å². The monoisotopic (exact) mass is 533 g/mol. The molecule has 3 aromatic rings. The van der Waals surface area contributed by atoms with E-state index in [4.69, 9.17) is 25.8 Å². The first kappa shape index (κ1) is 24.5. The highest BCUT2D eigenvalue weighted by atomic mass is 35.5. The Kier molecular flexibility index (Phi) is 6.49. The molecule has 0 radical (unpaired) electrons. The molecule has 0 saturated carbocycles. The summed E-state index contributed by atoms with van der Waals surface area (Å²) in [6.07, 6.45) is 0.818. The highest BCUT2D eigenvalue weighted by Gasteiger charge is 2.48. The number of rotatable bonds is 6. The van der Waals surface area contributed by atoms with Gasteiger partial charge >= 0.3 is 0 Å². The minimum Gasteiger partial charge on any atom is -0.456 e. The largest absolute Gasteiger partial charge is 0.456 e. The van der Waals surface area contributed by atoms with Crippen molar-refractivity contribution in [1.29, 1.82) is 0 Å². The van der Waals surface area contributed by atoms with Gasteiger partial charge in [0.15, 0.2) is 11.8 Å². The summed E-state index contributed by atoms with van der Waals surface area (Å²) in [6.45, 7) is 1.90. The van der Waals surface area contributed by atoms with Gasteiger partial charge in [-0.15, -0.1) is 0 Å². The highest BCUT2D eigenvalue weighted by Crippen LogP contribution is 2.31. The zero-order valence-electron chi connectivity index (χ0n) is 20.0. The molecule has 2 saturated heterocycles. The van der Waals surface area contributed by atoms with Crippen LogP contribution in [0.3, 0.4) is 0 Å². The molecule has 12 heteroatoms. The van der Waals surface area contributed by atoms with E-state index in [0.29, 0.717) is 16.7 Å². The molecule has 1 aromatic carbocycles. The van der Waals surface area contributed by atoms with Crippen LogP contribution in [0.5, 0.6) is 6.01 Å². The summed E-state index contributed by atoms with van der Waals surface area (Å²) in [7, 11) is 2.01. The lowest BCUT2D eigenvalue weighted by Gasteiger charge is -2.22. The Hall–Kier alpha value is -2.83. The van der Waals surface area contributed by atoms with Gasteiger partial charge in [-0.3, -0.25) is 0 Å². The Morgan fingerprint density at radius 2 is 1.97 bits per heavy atom. The lowest BCUT2D eigenvalue weighted by atomic mass is 9.98. The number of H-pyrrole nitrogens is 1. The van der Waals surface area contributed by atoms with Gasteiger partial charge in [-0.1, -0.05) is 17.7 Å². The maximum atomic E-state index is 14.9. The molecular formula is C25H26ClF2N5O4. The van der Waals surface area contributed by atoms with E-state index in [1.807, 2.05) is 13.1 Å². The lowest BCUT2D eigenvalue weighted by Crippen LogP contribution is -2.34. The van der Waals surface area contributed by atoms with Crippen molar-refractivity contribution >= 4 is 34.2 Å². The van der Waals surface area contributed by atoms with Crippen molar-refractivity contribution in [3.05, 3.63) is 52.1 Å². The van der Waals surface area contributed by atoms with E-state index in [-0.39, 0.29) is 48.3 Å². The number of nitrogens with zero attached hydrogens (tertiary/aromatic N) is 3. The Labute approximate surface area is 216 Å². The molecule has 0 bridgehead atoms. The molecule has 2 aromatic heterocycles. The van der Waals surface area contributed by atoms with Crippen LogP contribution >= 0.6 is 11.6 Å². The number of aromatic amines is 1. The van der Waals surface area contributed by atoms with Crippen molar-refractivity contribution in [3.63, 3.8) is 0 Å². The van der Waals surface area contributed by atoms with Gasteiger partial charge in [0.2, 0.25) is 0 Å². The van der Waals surface area contributed by atoms with Crippen molar-refractivity contribution in [2.24, 2.45) is 0 Å². The normalized spacial score (nSPS) is 25.9. The third-order valence-corrected chi connectivity index (χ3v) is 7.29. The number of hydrogen-bond donors (Lipinski definition) is 3. The summed E-state index contributed by atoms with van der Waals surface area (Å²) < 4.78 is 46.8. The van der Waals surface area contributed by atoms with Crippen LogP contribution in [-0.4, -0.2) is 82.7 Å². The zero-order valence-corrected chi connectivity index (χ0v) is 20.8. The molecule has 0 spiro atoms. The summed E-state index contributed by atoms with van der Waals surface area (Å²) >= 11 is 6.38. The predicted octanol–water partition coefficient (Wildman–Crippen LogP) is 3.13. The van der Waals surface area contributed by atoms with Crippen LogP contribution in [0.15, 0.2) is 24.3 Å². The van der Waals surface area contributed by atoms with Crippen LogP contribution in [0.25, 0.3) is 16.7 Å². The number of pyridine rings is 1. The second-order valence-corrected chi connectivity index (χ2v) is 9.97. The minimum absolute atomic E-state index is 0.101. The number of aliphatic hydroxyl groups is 1. The summed E-state index contributed by atoms with van der Waals surface area (Å²) in [5.74, 6) is -1.03. The number of benzene rings is 1. The number of anilines is 1. The van der Waals surface area contributed by atoms with E-state index in [1.54, 1.807) is 6.07 Å². The molecular weight excluding hydrogens is 508 g/mol. The van der Waals surface area contributed by atoms with Crippen molar-refractivity contribution < 1.29 is 28.1 Å². The molecule has 0 aliphatic carbocycles. The molecule has 4 atom stereocenters. The van der Waals surface area contributed by atoms with Crippen molar-refractivity contribution in [1.82, 2.24) is 19.9 Å². The molecule has 0 unspecified atom stereocenters. The molecule has 3 aliphatic heterocycles. The third kappa shape index (κ3) is 4.77. The zero-order chi connectivity index (χ0) is 25.7. The van der Waals surface area contributed by atoms with E-state index < -0.39 is 29.9 Å². The fourth-order valence-electron chi connectivity index (χ4n) is 4.93. The molecule has 37 heavy (non-hydrogen) atoms. The number of aromatic nitrogens is 3. The minimum atomic E-state index is -0.680. The molecule has 3 aliphatic rings. The molecule has 9 nitrogen and oxygen atoms in total. The maximum absolute atomic E-state index is 14.9. The van der Waals surface area contributed by atoms with E-state index in [1.165, 1.54) is 12.1 Å². The molecule has 196 valence electrons. The lowest BCUT2D eigenvalue weighted by molar-refractivity contribution is 0.00706. The highest BCUT2D eigenvalue weighted by molar-refractivity contribution is 6.33. The van der Waals surface area contributed by atoms with E-state index in [2.05, 4.69) is 25.2 Å². The molecule has 6 rings (SSSR count). The Morgan fingerprint density at radius 1 is 1.19 bits per heavy atom. The van der Waals surface area contributed by atoms with Crippen LogP contribution in [0.2, 0.25) is 5.02 Å². The fraction of sp³-hybridized carbons (Fsp3) is 0.440. The second-order valence-electron chi connectivity index (χ2n) is 9.57. The van der Waals surface area contributed by atoms with Crippen molar-refractivity contribution in [2.45, 2.75) is 37.4 Å². The molecule has 3 N–H and O–H groups in total. The number of imidazole rings is 1. The summed E-state index contributed by atoms with van der Waals surface area (Å²) in [6, 6.07) is 4.55. The number of aliphatic hydroxyl groups excluding tert-OH is 1. The average molecular weight is 534 g/mol. The van der Waals surface area contributed by atoms with Crippen molar-refractivity contribution in [2.75, 3.05) is 38.7 Å². The quantitative estimate of drug-likeness (QED) is 0.444. The molecule has 0 amide bonds. The van der Waals surface area contributed by atoms with E-state index in [9.17, 15) is 13.9 Å².